The number of aromatic amines is 1. The number of aryl methyl sites for hydroxylation is 1. The summed E-state index contributed by atoms with van der Waals surface area (Å²) in [6.07, 6.45) is 1.30. The fourth-order valence-corrected chi connectivity index (χ4v) is 2.17. The van der Waals surface area contributed by atoms with Crippen molar-refractivity contribution in [2.45, 2.75) is 26.3 Å². The van der Waals surface area contributed by atoms with Gasteiger partial charge in [-0.1, -0.05) is 5.16 Å². The Kier molecular flexibility index (Phi) is 3.44. The first-order valence-electron chi connectivity index (χ1n) is 6.97. The summed E-state index contributed by atoms with van der Waals surface area (Å²) in [6.45, 7) is 5.24. The molecule has 0 aliphatic carbocycles. The van der Waals surface area contributed by atoms with Gasteiger partial charge in [0, 0.05) is 5.56 Å². The molecule has 2 aromatic heterocycles. The van der Waals surface area contributed by atoms with Crippen molar-refractivity contribution in [2.75, 3.05) is 0 Å². The van der Waals surface area contributed by atoms with Crippen molar-refractivity contribution < 1.29 is 9.32 Å². The van der Waals surface area contributed by atoms with Gasteiger partial charge in [-0.3, -0.25) is 9.59 Å². The molecule has 0 atom stereocenters. The first-order valence-corrected chi connectivity index (χ1v) is 6.97. The van der Waals surface area contributed by atoms with E-state index in [1.807, 2.05) is 0 Å². The van der Waals surface area contributed by atoms with E-state index in [0.29, 0.717) is 28.2 Å². The summed E-state index contributed by atoms with van der Waals surface area (Å²) in [6, 6.07) is 4.71. The predicted molar refractivity (Wildman–Crippen MR) is 81.9 cm³/mol. The minimum absolute atomic E-state index is 0.247. The second-order valence-electron chi connectivity index (χ2n) is 5.69. The lowest BCUT2D eigenvalue weighted by atomic mass is 10.0. The van der Waals surface area contributed by atoms with Gasteiger partial charge in [0.05, 0.1) is 17.2 Å². The zero-order valence-electron chi connectivity index (χ0n) is 12.9. The second-order valence-corrected chi connectivity index (χ2v) is 5.69. The number of benzene rings is 1. The third-order valence-corrected chi connectivity index (χ3v) is 3.39. The Labute approximate surface area is 130 Å². The molecule has 3 aromatic rings. The van der Waals surface area contributed by atoms with E-state index in [4.69, 9.17) is 4.52 Å². The first-order chi connectivity index (χ1) is 10.9. The molecule has 2 N–H and O–H groups in total. The van der Waals surface area contributed by atoms with Crippen LogP contribution in [0.2, 0.25) is 0 Å². The number of carbonyl (C=O) groups is 1. The predicted octanol–water partition coefficient (Wildman–Crippen LogP) is 1.28. The SMILES string of the molecule is Cc1noc(C(C)(C)NC(=O)c2ccc3c(=O)[nH]cnc3c2)n1. The van der Waals surface area contributed by atoms with E-state index >= 15 is 0 Å². The normalized spacial score (nSPS) is 11.6. The average Bonchev–Trinajstić information content (AvgIpc) is 2.94. The minimum Gasteiger partial charge on any atom is -0.338 e. The Morgan fingerprint density at radius 3 is 2.83 bits per heavy atom. The highest BCUT2D eigenvalue weighted by molar-refractivity contribution is 5.97. The van der Waals surface area contributed by atoms with Crippen LogP contribution in [0.25, 0.3) is 10.9 Å². The van der Waals surface area contributed by atoms with Crippen LogP contribution in [0, 0.1) is 6.92 Å². The smallest absolute Gasteiger partial charge is 0.258 e. The highest BCUT2D eigenvalue weighted by Gasteiger charge is 2.29. The number of amides is 1. The molecule has 0 fully saturated rings. The Morgan fingerprint density at radius 2 is 2.13 bits per heavy atom. The van der Waals surface area contributed by atoms with Gasteiger partial charge < -0.3 is 14.8 Å². The third kappa shape index (κ3) is 2.83. The molecular formula is C15H15N5O3. The molecule has 0 radical (unpaired) electrons. The topological polar surface area (TPSA) is 114 Å². The van der Waals surface area contributed by atoms with Gasteiger partial charge in [-0.15, -0.1) is 0 Å². The fraction of sp³-hybridized carbons (Fsp3) is 0.267. The molecule has 2 heterocycles. The van der Waals surface area contributed by atoms with E-state index < -0.39 is 5.54 Å². The van der Waals surface area contributed by atoms with Crippen molar-refractivity contribution in [3.05, 3.63) is 52.2 Å². The van der Waals surface area contributed by atoms with E-state index in [0.717, 1.165) is 0 Å². The van der Waals surface area contributed by atoms with Gasteiger partial charge in [0.25, 0.3) is 17.4 Å². The van der Waals surface area contributed by atoms with Crippen molar-refractivity contribution in [1.82, 2.24) is 25.4 Å². The highest BCUT2D eigenvalue weighted by atomic mass is 16.5. The fourth-order valence-electron chi connectivity index (χ4n) is 2.17. The Bertz CT molecular complexity index is 941. The van der Waals surface area contributed by atoms with E-state index in [1.165, 1.54) is 6.33 Å². The van der Waals surface area contributed by atoms with Gasteiger partial charge in [-0.05, 0) is 39.0 Å². The molecule has 0 unspecified atom stereocenters. The molecule has 0 spiro atoms. The molecule has 0 saturated heterocycles. The summed E-state index contributed by atoms with van der Waals surface area (Å²) in [5.41, 5.74) is -0.231. The summed E-state index contributed by atoms with van der Waals surface area (Å²) in [4.78, 5) is 34.8. The van der Waals surface area contributed by atoms with Gasteiger partial charge in [0.1, 0.15) is 5.54 Å². The number of H-pyrrole nitrogens is 1. The van der Waals surface area contributed by atoms with Gasteiger partial charge in [-0.2, -0.15) is 4.98 Å². The molecule has 1 aromatic carbocycles. The van der Waals surface area contributed by atoms with Crippen LogP contribution in [0.5, 0.6) is 0 Å². The summed E-state index contributed by atoms with van der Waals surface area (Å²) in [5, 5.41) is 6.99. The molecule has 8 heteroatoms. The monoisotopic (exact) mass is 313 g/mol. The number of carbonyl (C=O) groups excluding carboxylic acids is 1. The Balaban J connectivity index is 1.90. The zero-order valence-corrected chi connectivity index (χ0v) is 12.9. The van der Waals surface area contributed by atoms with E-state index in [9.17, 15) is 9.59 Å². The number of fused-ring (bicyclic) bond motifs is 1. The number of nitrogens with one attached hydrogen (secondary N) is 2. The zero-order chi connectivity index (χ0) is 16.6. The van der Waals surface area contributed by atoms with Crippen LogP contribution >= 0.6 is 0 Å². The van der Waals surface area contributed by atoms with E-state index in [-0.39, 0.29) is 11.5 Å². The number of hydrogen-bond acceptors (Lipinski definition) is 6. The molecule has 0 aliphatic heterocycles. The number of rotatable bonds is 3. The lowest BCUT2D eigenvalue weighted by Crippen LogP contribution is -2.41. The number of hydrogen-bond donors (Lipinski definition) is 2. The van der Waals surface area contributed by atoms with Crippen molar-refractivity contribution in [1.29, 1.82) is 0 Å². The van der Waals surface area contributed by atoms with Gasteiger partial charge in [-0.25, -0.2) is 4.98 Å². The molecule has 0 saturated carbocycles. The quantitative estimate of drug-likeness (QED) is 0.753. The lowest BCUT2D eigenvalue weighted by molar-refractivity contribution is 0.0895. The Hall–Kier alpha value is -3.03. The molecule has 1 amide bonds. The molecule has 3 rings (SSSR count). The summed E-state index contributed by atoms with van der Waals surface area (Å²) in [5.74, 6) is 0.491. The molecule has 8 nitrogen and oxygen atoms in total. The molecule has 118 valence electrons. The molecule has 0 aliphatic rings. The van der Waals surface area contributed by atoms with Crippen molar-refractivity contribution in [3.8, 4) is 0 Å². The van der Waals surface area contributed by atoms with Crippen molar-refractivity contribution in [3.63, 3.8) is 0 Å². The summed E-state index contributed by atoms with van der Waals surface area (Å²) < 4.78 is 5.12. The van der Waals surface area contributed by atoms with E-state index in [1.54, 1.807) is 39.0 Å². The standard InChI is InChI=1S/C15H15N5O3/c1-8-18-14(23-20-8)15(2,3)19-12(21)9-4-5-10-11(6-9)16-7-17-13(10)22/h4-7H,1-3H3,(H,19,21)(H,16,17,22). The molecule has 0 bridgehead atoms. The van der Waals surface area contributed by atoms with Crippen LogP contribution in [-0.2, 0) is 5.54 Å². The summed E-state index contributed by atoms with van der Waals surface area (Å²) >= 11 is 0. The van der Waals surface area contributed by atoms with Gasteiger partial charge >= 0.3 is 0 Å². The van der Waals surface area contributed by atoms with Crippen LogP contribution in [-0.4, -0.2) is 26.0 Å². The number of aromatic nitrogens is 4. The first kappa shape index (κ1) is 14.9. The van der Waals surface area contributed by atoms with Crippen molar-refractivity contribution in [2.24, 2.45) is 0 Å². The van der Waals surface area contributed by atoms with Crippen LogP contribution in [0.3, 0.4) is 0 Å². The third-order valence-electron chi connectivity index (χ3n) is 3.39. The van der Waals surface area contributed by atoms with E-state index in [2.05, 4.69) is 25.4 Å². The Morgan fingerprint density at radius 1 is 1.35 bits per heavy atom. The van der Waals surface area contributed by atoms with Crippen LogP contribution in [0.15, 0.2) is 33.8 Å². The number of nitrogens with zero attached hydrogens (tertiary/aromatic N) is 3. The summed E-state index contributed by atoms with van der Waals surface area (Å²) in [7, 11) is 0. The molecule has 23 heavy (non-hydrogen) atoms. The van der Waals surface area contributed by atoms with Crippen LogP contribution < -0.4 is 10.9 Å². The van der Waals surface area contributed by atoms with Gasteiger partial charge in [0.15, 0.2) is 5.82 Å². The maximum absolute atomic E-state index is 12.5. The van der Waals surface area contributed by atoms with Crippen LogP contribution in [0.4, 0.5) is 0 Å². The van der Waals surface area contributed by atoms with Gasteiger partial charge in [0.2, 0.25) is 0 Å². The molecular weight excluding hydrogens is 298 g/mol. The minimum atomic E-state index is -0.825. The van der Waals surface area contributed by atoms with Crippen LogP contribution in [0.1, 0.15) is 35.9 Å². The lowest BCUT2D eigenvalue weighted by Gasteiger charge is -2.21. The average molecular weight is 313 g/mol. The maximum Gasteiger partial charge on any atom is 0.258 e. The van der Waals surface area contributed by atoms with Crippen molar-refractivity contribution >= 4 is 16.8 Å². The highest BCUT2D eigenvalue weighted by Crippen LogP contribution is 2.19. The largest absolute Gasteiger partial charge is 0.338 e. The second kappa shape index (κ2) is 5.31. The maximum atomic E-state index is 12.5.